The van der Waals surface area contributed by atoms with Crippen molar-refractivity contribution in [1.82, 2.24) is 9.97 Å². The first-order valence-electron chi connectivity index (χ1n) is 6.83. The normalized spacial score (nSPS) is 24.1. The Hall–Kier alpha value is -1.64. The van der Waals surface area contributed by atoms with Crippen molar-refractivity contribution in [2.24, 2.45) is 10.8 Å². The standard InChI is InChI=1S/C16H21N3/c1-15(2)8-12(16(15,3)4)10-5-6-11-9-18-14(17)19-13(11)7-10/h5-7,9,12H,8H2,1-4H3,(H2,17,18,19). The summed E-state index contributed by atoms with van der Waals surface area (Å²) >= 11 is 0. The van der Waals surface area contributed by atoms with Gasteiger partial charge in [0.1, 0.15) is 0 Å². The van der Waals surface area contributed by atoms with Gasteiger partial charge in [-0.15, -0.1) is 0 Å². The maximum Gasteiger partial charge on any atom is 0.220 e. The minimum atomic E-state index is 0.319. The van der Waals surface area contributed by atoms with Crippen LogP contribution in [0.5, 0.6) is 0 Å². The second-order valence-corrected chi connectivity index (χ2v) is 6.91. The van der Waals surface area contributed by atoms with Crippen LogP contribution in [0.1, 0.15) is 45.6 Å². The molecule has 1 fully saturated rings. The van der Waals surface area contributed by atoms with Gasteiger partial charge in [-0.2, -0.15) is 0 Å². The van der Waals surface area contributed by atoms with Crippen LogP contribution in [0.25, 0.3) is 10.9 Å². The lowest BCUT2D eigenvalue weighted by Crippen LogP contribution is -2.49. The summed E-state index contributed by atoms with van der Waals surface area (Å²) in [6.45, 7) is 9.43. The lowest BCUT2D eigenvalue weighted by atomic mass is 9.45. The van der Waals surface area contributed by atoms with Gasteiger partial charge in [0.05, 0.1) is 5.52 Å². The van der Waals surface area contributed by atoms with E-state index in [4.69, 9.17) is 5.73 Å². The number of nitrogens with two attached hydrogens (primary N) is 1. The maximum absolute atomic E-state index is 5.67. The molecule has 19 heavy (non-hydrogen) atoms. The van der Waals surface area contributed by atoms with E-state index in [0.29, 0.717) is 22.7 Å². The summed E-state index contributed by atoms with van der Waals surface area (Å²) in [6.07, 6.45) is 3.02. The van der Waals surface area contributed by atoms with Crippen molar-refractivity contribution in [3.05, 3.63) is 30.0 Å². The van der Waals surface area contributed by atoms with Crippen molar-refractivity contribution < 1.29 is 0 Å². The maximum atomic E-state index is 5.67. The molecule has 1 aromatic heterocycles. The zero-order valence-corrected chi connectivity index (χ0v) is 12.1. The molecule has 3 rings (SSSR count). The van der Waals surface area contributed by atoms with Gasteiger partial charge in [0, 0.05) is 11.6 Å². The summed E-state index contributed by atoms with van der Waals surface area (Å²) < 4.78 is 0. The van der Waals surface area contributed by atoms with Crippen LogP contribution < -0.4 is 5.73 Å². The first-order valence-corrected chi connectivity index (χ1v) is 6.83. The molecule has 3 nitrogen and oxygen atoms in total. The van der Waals surface area contributed by atoms with Gasteiger partial charge in [0.25, 0.3) is 0 Å². The number of nitrogen functional groups attached to an aromatic ring is 1. The highest BCUT2D eigenvalue weighted by Gasteiger charge is 2.54. The van der Waals surface area contributed by atoms with E-state index in [1.807, 2.05) is 0 Å². The quantitative estimate of drug-likeness (QED) is 0.844. The van der Waals surface area contributed by atoms with E-state index in [2.05, 4.69) is 55.9 Å². The second-order valence-electron chi connectivity index (χ2n) is 6.91. The first-order chi connectivity index (χ1) is 8.81. The number of anilines is 1. The first kappa shape index (κ1) is 12.4. The molecular formula is C16H21N3. The molecule has 1 atom stereocenters. The minimum absolute atomic E-state index is 0.319. The molecule has 100 valence electrons. The largest absolute Gasteiger partial charge is 0.368 e. The number of hydrogen-bond donors (Lipinski definition) is 1. The molecule has 1 aliphatic carbocycles. The van der Waals surface area contributed by atoms with E-state index >= 15 is 0 Å². The second kappa shape index (κ2) is 3.69. The molecule has 1 saturated carbocycles. The minimum Gasteiger partial charge on any atom is -0.368 e. The molecule has 1 aromatic carbocycles. The molecule has 1 unspecified atom stereocenters. The Morgan fingerprint density at radius 1 is 1.21 bits per heavy atom. The number of aromatic nitrogens is 2. The third-order valence-electron chi connectivity index (χ3n) is 5.36. The molecule has 0 aliphatic heterocycles. The summed E-state index contributed by atoms with van der Waals surface area (Å²) in [6, 6.07) is 6.49. The van der Waals surface area contributed by atoms with Crippen molar-refractivity contribution in [1.29, 1.82) is 0 Å². The van der Waals surface area contributed by atoms with E-state index < -0.39 is 0 Å². The topological polar surface area (TPSA) is 51.8 Å². The van der Waals surface area contributed by atoms with Crippen LogP contribution in [-0.4, -0.2) is 9.97 Å². The SMILES string of the molecule is CC1(C)CC(c2ccc3cnc(N)nc3c2)C1(C)C. The molecule has 2 N–H and O–H groups in total. The molecule has 1 heterocycles. The van der Waals surface area contributed by atoms with Gasteiger partial charge in [-0.1, -0.05) is 39.8 Å². The van der Waals surface area contributed by atoms with Gasteiger partial charge in [-0.05, 0) is 34.8 Å². The highest BCUT2D eigenvalue weighted by molar-refractivity contribution is 5.79. The highest BCUT2D eigenvalue weighted by Crippen LogP contribution is 2.64. The fraction of sp³-hybridized carbons (Fsp3) is 0.500. The van der Waals surface area contributed by atoms with Crippen molar-refractivity contribution in [3.63, 3.8) is 0 Å². The third kappa shape index (κ3) is 1.71. The summed E-state index contributed by atoms with van der Waals surface area (Å²) in [4.78, 5) is 8.36. The molecule has 0 spiro atoms. The van der Waals surface area contributed by atoms with E-state index in [1.54, 1.807) is 6.20 Å². The summed E-state index contributed by atoms with van der Waals surface area (Å²) in [5.74, 6) is 0.945. The lowest BCUT2D eigenvalue weighted by molar-refractivity contribution is -0.0486. The van der Waals surface area contributed by atoms with Crippen LogP contribution in [0.2, 0.25) is 0 Å². The molecular weight excluding hydrogens is 234 g/mol. The van der Waals surface area contributed by atoms with Crippen LogP contribution in [0.15, 0.2) is 24.4 Å². The average molecular weight is 255 g/mol. The van der Waals surface area contributed by atoms with E-state index in [0.717, 1.165) is 10.9 Å². The number of rotatable bonds is 1. The summed E-state index contributed by atoms with van der Waals surface area (Å²) in [7, 11) is 0. The monoisotopic (exact) mass is 255 g/mol. The Morgan fingerprint density at radius 2 is 1.95 bits per heavy atom. The predicted molar refractivity (Wildman–Crippen MR) is 78.9 cm³/mol. The third-order valence-corrected chi connectivity index (χ3v) is 5.36. The average Bonchev–Trinajstić information content (AvgIpc) is 2.35. The number of hydrogen-bond acceptors (Lipinski definition) is 3. The van der Waals surface area contributed by atoms with Gasteiger partial charge in [0.2, 0.25) is 5.95 Å². The van der Waals surface area contributed by atoms with Gasteiger partial charge in [-0.3, -0.25) is 0 Å². The van der Waals surface area contributed by atoms with Gasteiger partial charge in [0.15, 0.2) is 0 Å². The van der Waals surface area contributed by atoms with Crippen molar-refractivity contribution in [2.45, 2.75) is 40.0 Å². The number of nitrogens with zero attached hydrogens (tertiary/aromatic N) is 2. The summed E-state index contributed by atoms with van der Waals surface area (Å²) in [5.41, 5.74) is 8.71. The molecule has 2 aromatic rings. The van der Waals surface area contributed by atoms with Crippen LogP contribution in [0, 0.1) is 10.8 Å². The Kier molecular flexibility index (Phi) is 2.40. The highest BCUT2D eigenvalue weighted by atomic mass is 15.0. The van der Waals surface area contributed by atoms with Crippen molar-refractivity contribution >= 4 is 16.9 Å². The molecule has 0 bridgehead atoms. The fourth-order valence-corrected chi connectivity index (χ4v) is 3.17. The molecule has 0 saturated heterocycles. The number of benzene rings is 1. The van der Waals surface area contributed by atoms with Gasteiger partial charge >= 0.3 is 0 Å². The predicted octanol–water partition coefficient (Wildman–Crippen LogP) is 3.75. The molecule has 3 heteroatoms. The zero-order valence-electron chi connectivity index (χ0n) is 12.1. The zero-order chi connectivity index (χ0) is 13.8. The van der Waals surface area contributed by atoms with Crippen LogP contribution in [0.4, 0.5) is 5.95 Å². The number of fused-ring (bicyclic) bond motifs is 1. The van der Waals surface area contributed by atoms with Crippen LogP contribution in [0.3, 0.4) is 0 Å². The van der Waals surface area contributed by atoms with Gasteiger partial charge < -0.3 is 5.73 Å². The Morgan fingerprint density at radius 3 is 2.58 bits per heavy atom. The van der Waals surface area contributed by atoms with E-state index in [-0.39, 0.29) is 0 Å². The smallest absolute Gasteiger partial charge is 0.220 e. The van der Waals surface area contributed by atoms with Crippen molar-refractivity contribution in [3.8, 4) is 0 Å². The van der Waals surface area contributed by atoms with E-state index in [9.17, 15) is 0 Å². The molecule has 0 amide bonds. The molecule has 0 radical (unpaired) electrons. The van der Waals surface area contributed by atoms with Crippen LogP contribution >= 0.6 is 0 Å². The Labute approximate surface area is 114 Å². The van der Waals surface area contributed by atoms with Crippen molar-refractivity contribution in [2.75, 3.05) is 5.73 Å². The summed E-state index contributed by atoms with van der Waals surface area (Å²) in [5, 5.41) is 1.05. The van der Waals surface area contributed by atoms with Gasteiger partial charge in [-0.25, -0.2) is 9.97 Å². The Balaban J connectivity index is 2.03. The van der Waals surface area contributed by atoms with Crippen LogP contribution in [-0.2, 0) is 0 Å². The Bertz CT molecular complexity index is 643. The lowest BCUT2D eigenvalue weighted by Gasteiger charge is -2.59. The fourth-order valence-electron chi connectivity index (χ4n) is 3.17. The van der Waals surface area contributed by atoms with E-state index in [1.165, 1.54) is 12.0 Å². The molecule has 1 aliphatic rings.